The van der Waals surface area contributed by atoms with Crippen LogP contribution in [0.3, 0.4) is 0 Å². The number of ether oxygens (including phenoxy) is 2. The number of amides is 1. The van der Waals surface area contributed by atoms with Crippen molar-refractivity contribution in [2.45, 2.75) is 57.3 Å². The first kappa shape index (κ1) is 27.3. The standard InChI is InChI=1S/C26H26ClF3N4O4S/c1-3-38-25(36)19-15-6-4-5-7-17(15)39-24(19)32-23(35)21-20(27)22-31-16(13-8-10-14(37-2)11-9-13)12-18(26(28,29)30)34(22)33-21/h8-11,16,18,31H,3-7,12H2,1-2H3,(H,32,35)/t16-,18+/m1/s1. The molecule has 13 heteroatoms. The Kier molecular flexibility index (Phi) is 7.51. The molecule has 2 N–H and O–H groups in total. The van der Waals surface area contributed by atoms with Crippen LogP contribution in [0, 0.1) is 0 Å². The van der Waals surface area contributed by atoms with Gasteiger partial charge in [0.15, 0.2) is 11.7 Å². The van der Waals surface area contributed by atoms with Gasteiger partial charge in [-0.1, -0.05) is 23.7 Å². The fourth-order valence-corrected chi connectivity index (χ4v) is 6.56. The third-order valence-electron chi connectivity index (χ3n) is 6.91. The van der Waals surface area contributed by atoms with E-state index in [9.17, 15) is 22.8 Å². The summed E-state index contributed by atoms with van der Waals surface area (Å²) in [6, 6.07) is 3.92. The lowest BCUT2D eigenvalue weighted by Gasteiger charge is -2.33. The lowest BCUT2D eigenvalue weighted by Crippen LogP contribution is -2.35. The van der Waals surface area contributed by atoms with Crippen molar-refractivity contribution in [3.05, 3.63) is 56.5 Å². The number of carbonyl (C=O) groups is 2. The normalized spacial score (nSPS) is 18.5. The molecule has 0 spiro atoms. The number of hydrogen-bond acceptors (Lipinski definition) is 7. The highest BCUT2D eigenvalue weighted by molar-refractivity contribution is 7.17. The monoisotopic (exact) mass is 582 g/mol. The molecule has 2 aromatic heterocycles. The average molecular weight is 583 g/mol. The van der Waals surface area contributed by atoms with Crippen LogP contribution in [0.1, 0.15) is 75.1 Å². The van der Waals surface area contributed by atoms with Gasteiger partial charge < -0.3 is 20.1 Å². The van der Waals surface area contributed by atoms with Gasteiger partial charge in [-0.05, 0) is 55.9 Å². The van der Waals surface area contributed by atoms with Crippen LogP contribution in [-0.4, -0.2) is 41.5 Å². The van der Waals surface area contributed by atoms with Crippen molar-refractivity contribution in [3.8, 4) is 5.75 Å². The summed E-state index contributed by atoms with van der Waals surface area (Å²) >= 11 is 7.76. The third-order valence-corrected chi connectivity index (χ3v) is 8.47. The van der Waals surface area contributed by atoms with Gasteiger partial charge in [-0.15, -0.1) is 11.3 Å². The van der Waals surface area contributed by atoms with Crippen LogP contribution in [-0.2, 0) is 17.6 Å². The highest BCUT2D eigenvalue weighted by Crippen LogP contribution is 2.47. The predicted octanol–water partition coefficient (Wildman–Crippen LogP) is 6.57. The Morgan fingerprint density at radius 3 is 2.62 bits per heavy atom. The molecule has 1 aliphatic carbocycles. The number of carbonyl (C=O) groups excluding carboxylic acids is 2. The first-order valence-corrected chi connectivity index (χ1v) is 13.7. The molecule has 39 heavy (non-hydrogen) atoms. The number of alkyl halides is 3. The molecule has 0 radical (unpaired) electrons. The number of esters is 1. The number of fused-ring (bicyclic) bond motifs is 2. The SMILES string of the molecule is CCOC(=O)c1c(NC(=O)c2nn3c(c2Cl)N[C@@H](c2ccc(OC)cc2)C[C@H]3C(F)(F)F)sc2c1CCCC2. The fourth-order valence-electron chi connectivity index (χ4n) is 5.02. The summed E-state index contributed by atoms with van der Waals surface area (Å²) in [5.41, 5.74) is 1.36. The average Bonchev–Trinajstić information content (AvgIpc) is 3.45. The van der Waals surface area contributed by atoms with E-state index in [2.05, 4.69) is 15.7 Å². The van der Waals surface area contributed by atoms with Gasteiger partial charge in [0.25, 0.3) is 5.91 Å². The van der Waals surface area contributed by atoms with Crippen molar-refractivity contribution in [1.29, 1.82) is 0 Å². The van der Waals surface area contributed by atoms with Crippen LogP contribution < -0.4 is 15.4 Å². The van der Waals surface area contributed by atoms with Gasteiger partial charge in [-0.3, -0.25) is 4.79 Å². The quantitative estimate of drug-likeness (QED) is 0.319. The number of nitrogens with one attached hydrogen (secondary N) is 2. The van der Waals surface area contributed by atoms with Crippen molar-refractivity contribution < 1.29 is 32.2 Å². The van der Waals surface area contributed by atoms with Gasteiger partial charge in [0, 0.05) is 11.3 Å². The molecule has 1 amide bonds. The molecule has 2 aliphatic rings. The molecule has 1 aromatic carbocycles. The second-order valence-corrected chi connectivity index (χ2v) is 10.8. The molecule has 3 aromatic rings. The zero-order valence-corrected chi connectivity index (χ0v) is 22.7. The molecule has 2 atom stereocenters. The van der Waals surface area contributed by atoms with E-state index < -0.39 is 30.1 Å². The van der Waals surface area contributed by atoms with Crippen LogP contribution in [0.15, 0.2) is 24.3 Å². The minimum atomic E-state index is -4.64. The molecule has 5 rings (SSSR count). The van der Waals surface area contributed by atoms with Gasteiger partial charge in [-0.2, -0.15) is 18.3 Å². The number of halogens is 4. The summed E-state index contributed by atoms with van der Waals surface area (Å²) < 4.78 is 53.6. The minimum Gasteiger partial charge on any atom is -0.497 e. The Morgan fingerprint density at radius 2 is 1.95 bits per heavy atom. The third kappa shape index (κ3) is 5.19. The van der Waals surface area contributed by atoms with E-state index in [-0.39, 0.29) is 40.1 Å². The van der Waals surface area contributed by atoms with E-state index in [1.54, 1.807) is 31.2 Å². The zero-order valence-electron chi connectivity index (χ0n) is 21.2. The number of anilines is 2. The predicted molar refractivity (Wildman–Crippen MR) is 141 cm³/mol. The molecule has 0 saturated carbocycles. The molecule has 0 unspecified atom stereocenters. The molecular weight excluding hydrogens is 557 g/mol. The van der Waals surface area contributed by atoms with Gasteiger partial charge in [0.2, 0.25) is 0 Å². The van der Waals surface area contributed by atoms with E-state index in [1.807, 2.05) is 0 Å². The highest BCUT2D eigenvalue weighted by atomic mass is 35.5. The van der Waals surface area contributed by atoms with Crippen LogP contribution >= 0.6 is 22.9 Å². The summed E-state index contributed by atoms with van der Waals surface area (Å²) in [6.07, 6.45) is -1.68. The number of nitrogens with zero attached hydrogens (tertiary/aromatic N) is 2. The van der Waals surface area contributed by atoms with Crippen molar-refractivity contribution in [2.75, 3.05) is 24.4 Å². The number of aryl methyl sites for hydroxylation is 1. The van der Waals surface area contributed by atoms with Crippen molar-refractivity contribution in [1.82, 2.24) is 9.78 Å². The van der Waals surface area contributed by atoms with E-state index in [0.29, 0.717) is 17.7 Å². The molecule has 0 bridgehead atoms. The van der Waals surface area contributed by atoms with E-state index >= 15 is 0 Å². The lowest BCUT2D eigenvalue weighted by atomic mass is 9.95. The van der Waals surface area contributed by atoms with E-state index in [0.717, 1.165) is 34.4 Å². The number of methoxy groups -OCH3 is 1. The van der Waals surface area contributed by atoms with Gasteiger partial charge in [0.05, 0.1) is 25.3 Å². The maximum atomic E-state index is 14.2. The molecule has 208 valence electrons. The number of benzene rings is 1. The fraction of sp³-hybridized carbons (Fsp3) is 0.423. The highest BCUT2D eigenvalue weighted by Gasteiger charge is 2.48. The van der Waals surface area contributed by atoms with E-state index in [4.69, 9.17) is 21.1 Å². The van der Waals surface area contributed by atoms with Gasteiger partial charge in [0.1, 0.15) is 21.6 Å². The van der Waals surface area contributed by atoms with E-state index in [1.165, 1.54) is 18.4 Å². The maximum absolute atomic E-state index is 14.2. The van der Waals surface area contributed by atoms with Gasteiger partial charge >= 0.3 is 12.1 Å². The molecule has 3 heterocycles. The summed E-state index contributed by atoms with van der Waals surface area (Å²) in [5.74, 6) is -0.896. The summed E-state index contributed by atoms with van der Waals surface area (Å²) in [4.78, 5) is 27.1. The van der Waals surface area contributed by atoms with Crippen LogP contribution in [0.25, 0.3) is 0 Å². The minimum absolute atomic E-state index is 0.104. The van der Waals surface area contributed by atoms with Crippen molar-refractivity contribution >= 4 is 45.6 Å². The largest absolute Gasteiger partial charge is 0.497 e. The summed E-state index contributed by atoms with van der Waals surface area (Å²) in [5, 5.41) is 9.75. The first-order chi connectivity index (χ1) is 18.6. The van der Waals surface area contributed by atoms with Crippen molar-refractivity contribution in [2.24, 2.45) is 0 Å². The molecule has 0 saturated heterocycles. The number of rotatable bonds is 6. The zero-order chi connectivity index (χ0) is 27.9. The Hall–Kier alpha value is -3.25. The number of thiophene rings is 1. The second kappa shape index (κ2) is 10.7. The lowest BCUT2D eigenvalue weighted by molar-refractivity contribution is -0.173. The van der Waals surface area contributed by atoms with Crippen LogP contribution in [0.5, 0.6) is 5.75 Å². The second-order valence-electron chi connectivity index (χ2n) is 9.31. The van der Waals surface area contributed by atoms with Crippen molar-refractivity contribution in [3.63, 3.8) is 0 Å². The van der Waals surface area contributed by atoms with Crippen LogP contribution in [0.2, 0.25) is 5.02 Å². The number of hydrogen-bond donors (Lipinski definition) is 2. The first-order valence-electron chi connectivity index (χ1n) is 12.5. The van der Waals surface area contributed by atoms with Crippen LogP contribution in [0.4, 0.5) is 24.0 Å². The molecular formula is C26H26ClF3N4O4S. The Bertz CT molecular complexity index is 1400. The maximum Gasteiger partial charge on any atom is 0.410 e. The molecule has 1 aliphatic heterocycles. The molecule has 8 nitrogen and oxygen atoms in total. The summed E-state index contributed by atoms with van der Waals surface area (Å²) in [7, 11) is 1.50. The van der Waals surface area contributed by atoms with Gasteiger partial charge in [-0.25, -0.2) is 9.48 Å². The Labute approximate surface area is 231 Å². The smallest absolute Gasteiger partial charge is 0.410 e. The topological polar surface area (TPSA) is 94.5 Å². The Balaban J connectivity index is 1.48. The molecule has 0 fully saturated rings. The Morgan fingerprint density at radius 1 is 1.23 bits per heavy atom. The number of aromatic nitrogens is 2. The summed E-state index contributed by atoms with van der Waals surface area (Å²) in [6.45, 7) is 1.85.